The van der Waals surface area contributed by atoms with E-state index < -0.39 is 11.9 Å². The summed E-state index contributed by atoms with van der Waals surface area (Å²) in [5, 5.41) is 11.6. The van der Waals surface area contributed by atoms with Crippen molar-refractivity contribution in [1.29, 1.82) is 0 Å². The van der Waals surface area contributed by atoms with Gasteiger partial charge in [-0.05, 0) is 25.7 Å². The van der Waals surface area contributed by atoms with Crippen LogP contribution in [0.1, 0.15) is 32.6 Å². The zero-order chi connectivity index (χ0) is 13.5. The van der Waals surface area contributed by atoms with Crippen molar-refractivity contribution in [3.63, 3.8) is 0 Å². The van der Waals surface area contributed by atoms with E-state index in [9.17, 15) is 9.59 Å². The van der Waals surface area contributed by atoms with Gasteiger partial charge in [0.2, 0.25) is 0 Å². The predicted molar refractivity (Wildman–Crippen MR) is 69.4 cm³/mol. The second kappa shape index (κ2) is 7.03. The summed E-state index contributed by atoms with van der Waals surface area (Å²) in [7, 11) is 1.61. The van der Waals surface area contributed by atoms with Crippen molar-refractivity contribution in [2.75, 3.05) is 20.1 Å². The Hall–Kier alpha value is -1.52. The second-order valence-electron chi connectivity index (χ2n) is 4.86. The third-order valence-electron chi connectivity index (χ3n) is 3.17. The Kier molecular flexibility index (Phi) is 5.68. The molecule has 1 aliphatic carbocycles. The summed E-state index contributed by atoms with van der Waals surface area (Å²) in [6.07, 6.45) is 6.65. The van der Waals surface area contributed by atoms with E-state index in [2.05, 4.69) is 11.4 Å². The molecule has 1 unspecified atom stereocenters. The molecule has 102 valence electrons. The lowest BCUT2D eigenvalue weighted by Crippen LogP contribution is -2.41. The summed E-state index contributed by atoms with van der Waals surface area (Å²) in [5.41, 5.74) is 1.41. The van der Waals surface area contributed by atoms with Crippen LogP contribution in [0.3, 0.4) is 0 Å². The van der Waals surface area contributed by atoms with E-state index in [-0.39, 0.29) is 12.6 Å². The molecule has 0 saturated carbocycles. The zero-order valence-electron chi connectivity index (χ0n) is 11.1. The van der Waals surface area contributed by atoms with Gasteiger partial charge in [0.1, 0.15) is 0 Å². The van der Waals surface area contributed by atoms with Gasteiger partial charge in [0, 0.05) is 20.1 Å². The van der Waals surface area contributed by atoms with E-state index >= 15 is 0 Å². The van der Waals surface area contributed by atoms with E-state index in [4.69, 9.17) is 5.11 Å². The topological polar surface area (TPSA) is 69.6 Å². The fraction of sp³-hybridized carbons (Fsp3) is 0.692. The van der Waals surface area contributed by atoms with Crippen LogP contribution in [0.15, 0.2) is 11.6 Å². The molecular formula is C13H22N2O3. The number of carboxylic acids is 1. The van der Waals surface area contributed by atoms with Gasteiger partial charge in [-0.2, -0.15) is 0 Å². The molecule has 0 aromatic rings. The minimum atomic E-state index is -0.884. The summed E-state index contributed by atoms with van der Waals surface area (Å²) < 4.78 is 0. The maximum Gasteiger partial charge on any atom is 0.317 e. The average molecular weight is 254 g/mol. The molecule has 0 aromatic carbocycles. The highest BCUT2D eigenvalue weighted by Crippen LogP contribution is 2.19. The average Bonchev–Trinajstić information content (AvgIpc) is 2.81. The molecule has 1 rings (SSSR count). The maximum atomic E-state index is 11.7. The lowest BCUT2D eigenvalue weighted by Gasteiger charge is -2.20. The minimum Gasteiger partial charge on any atom is -0.481 e. The van der Waals surface area contributed by atoms with Crippen LogP contribution in [0.5, 0.6) is 0 Å². The number of carbonyl (C=O) groups is 2. The van der Waals surface area contributed by atoms with Crippen LogP contribution in [0.25, 0.3) is 0 Å². The van der Waals surface area contributed by atoms with Crippen LogP contribution < -0.4 is 5.32 Å². The summed E-state index contributed by atoms with van der Waals surface area (Å²) >= 11 is 0. The molecule has 18 heavy (non-hydrogen) atoms. The largest absolute Gasteiger partial charge is 0.481 e. The first-order valence-corrected chi connectivity index (χ1v) is 6.40. The molecule has 1 aliphatic rings. The van der Waals surface area contributed by atoms with Gasteiger partial charge in [0.05, 0.1) is 5.92 Å². The zero-order valence-corrected chi connectivity index (χ0v) is 11.1. The number of carboxylic acid groups (broad SMARTS) is 1. The van der Waals surface area contributed by atoms with Crippen molar-refractivity contribution in [2.45, 2.75) is 32.6 Å². The minimum absolute atomic E-state index is 0.207. The first-order valence-electron chi connectivity index (χ1n) is 6.40. The van der Waals surface area contributed by atoms with Crippen LogP contribution in [0, 0.1) is 5.92 Å². The molecule has 0 saturated heterocycles. The molecule has 5 heteroatoms. The van der Waals surface area contributed by atoms with Gasteiger partial charge in [-0.15, -0.1) is 0 Å². The van der Waals surface area contributed by atoms with E-state index in [0.29, 0.717) is 6.54 Å². The first-order chi connectivity index (χ1) is 8.50. The Morgan fingerprint density at radius 2 is 2.28 bits per heavy atom. The number of hydrogen-bond donors (Lipinski definition) is 2. The third kappa shape index (κ3) is 4.77. The molecular weight excluding hydrogens is 232 g/mol. The normalized spacial score (nSPS) is 16.0. The molecule has 5 nitrogen and oxygen atoms in total. The highest BCUT2D eigenvalue weighted by atomic mass is 16.4. The summed E-state index contributed by atoms with van der Waals surface area (Å²) in [6, 6.07) is -0.207. The molecule has 0 spiro atoms. The van der Waals surface area contributed by atoms with Crippen LogP contribution in [-0.4, -0.2) is 42.1 Å². The molecule has 1 atom stereocenters. The Morgan fingerprint density at radius 1 is 1.56 bits per heavy atom. The number of rotatable bonds is 6. The summed E-state index contributed by atoms with van der Waals surface area (Å²) in [4.78, 5) is 23.8. The van der Waals surface area contributed by atoms with Gasteiger partial charge >= 0.3 is 12.0 Å². The first kappa shape index (κ1) is 14.5. The molecule has 0 fully saturated rings. The van der Waals surface area contributed by atoms with E-state index in [0.717, 1.165) is 19.3 Å². The lowest BCUT2D eigenvalue weighted by atomic mass is 10.1. The van der Waals surface area contributed by atoms with Crippen molar-refractivity contribution in [1.82, 2.24) is 10.2 Å². The number of urea groups is 1. The van der Waals surface area contributed by atoms with Gasteiger partial charge in [-0.3, -0.25) is 4.79 Å². The second-order valence-corrected chi connectivity index (χ2v) is 4.86. The number of carbonyl (C=O) groups excluding carboxylic acids is 1. The number of amides is 2. The Bertz CT molecular complexity index is 339. The standard InChI is InChI=1S/C13H22N2O3/c1-10(12(16)17)9-15(2)13(18)14-8-7-11-5-3-4-6-11/h5,10H,3-4,6-9H2,1-2H3,(H,14,18)(H,16,17). The Labute approximate surface area is 108 Å². The number of nitrogens with one attached hydrogen (secondary N) is 1. The molecule has 0 radical (unpaired) electrons. The van der Waals surface area contributed by atoms with Gasteiger partial charge in [-0.25, -0.2) is 4.79 Å². The summed E-state index contributed by atoms with van der Waals surface area (Å²) in [6.45, 7) is 2.44. The van der Waals surface area contributed by atoms with E-state index in [1.165, 1.54) is 16.9 Å². The van der Waals surface area contributed by atoms with Gasteiger partial charge in [0.15, 0.2) is 0 Å². The Balaban J connectivity index is 2.20. The van der Waals surface area contributed by atoms with Crippen molar-refractivity contribution in [2.24, 2.45) is 5.92 Å². The molecule has 0 bridgehead atoms. The van der Waals surface area contributed by atoms with Gasteiger partial charge in [-0.1, -0.05) is 18.6 Å². The third-order valence-corrected chi connectivity index (χ3v) is 3.17. The number of aliphatic carboxylic acids is 1. The summed E-state index contributed by atoms with van der Waals surface area (Å²) in [5.74, 6) is -1.43. The van der Waals surface area contributed by atoms with Gasteiger partial charge in [0.25, 0.3) is 0 Å². The monoisotopic (exact) mass is 254 g/mol. The smallest absolute Gasteiger partial charge is 0.317 e. The molecule has 0 heterocycles. The lowest BCUT2D eigenvalue weighted by molar-refractivity contribution is -0.141. The molecule has 2 amide bonds. The van der Waals surface area contributed by atoms with Crippen molar-refractivity contribution < 1.29 is 14.7 Å². The highest BCUT2D eigenvalue weighted by molar-refractivity contribution is 5.75. The Morgan fingerprint density at radius 3 is 2.83 bits per heavy atom. The van der Waals surface area contributed by atoms with E-state index in [1.54, 1.807) is 14.0 Å². The molecule has 0 aliphatic heterocycles. The number of nitrogens with zero attached hydrogens (tertiary/aromatic N) is 1. The van der Waals surface area contributed by atoms with Crippen LogP contribution in [-0.2, 0) is 4.79 Å². The highest BCUT2D eigenvalue weighted by Gasteiger charge is 2.17. The van der Waals surface area contributed by atoms with Crippen molar-refractivity contribution in [3.8, 4) is 0 Å². The van der Waals surface area contributed by atoms with Crippen molar-refractivity contribution in [3.05, 3.63) is 11.6 Å². The predicted octanol–water partition coefficient (Wildman–Crippen LogP) is 1.85. The van der Waals surface area contributed by atoms with Crippen LogP contribution in [0.2, 0.25) is 0 Å². The van der Waals surface area contributed by atoms with Crippen molar-refractivity contribution >= 4 is 12.0 Å². The number of allylic oxidation sites excluding steroid dienone is 1. The van der Waals surface area contributed by atoms with E-state index in [1.807, 2.05) is 0 Å². The number of hydrogen-bond acceptors (Lipinski definition) is 2. The van der Waals surface area contributed by atoms with Crippen LogP contribution >= 0.6 is 0 Å². The molecule has 0 aromatic heterocycles. The quantitative estimate of drug-likeness (QED) is 0.711. The fourth-order valence-corrected chi connectivity index (χ4v) is 2.00. The fourth-order valence-electron chi connectivity index (χ4n) is 2.00. The molecule has 2 N–H and O–H groups in total. The van der Waals surface area contributed by atoms with Crippen LogP contribution in [0.4, 0.5) is 4.79 Å². The maximum absolute atomic E-state index is 11.7. The SMILES string of the molecule is CC(CN(C)C(=O)NCCC1=CCCC1)C(=O)O. The van der Waals surface area contributed by atoms with Gasteiger partial charge < -0.3 is 15.3 Å².